The van der Waals surface area contributed by atoms with Crippen molar-refractivity contribution in [1.82, 2.24) is 0 Å². The summed E-state index contributed by atoms with van der Waals surface area (Å²) in [5, 5.41) is 0. The Morgan fingerprint density at radius 2 is 2.38 bits per heavy atom. The van der Waals surface area contributed by atoms with Gasteiger partial charge in [0, 0.05) is 0 Å². The third kappa shape index (κ3) is 10.00. The van der Waals surface area contributed by atoms with Crippen molar-refractivity contribution >= 4 is 37.8 Å². The summed E-state index contributed by atoms with van der Waals surface area (Å²) in [4.78, 5) is 7.96. The topological polar surface area (TPSA) is 46.5 Å². The van der Waals surface area contributed by atoms with Gasteiger partial charge in [0.2, 0.25) is 0 Å². The summed E-state index contributed by atoms with van der Waals surface area (Å²) >= 11 is 0. The first-order valence-electron chi connectivity index (χ1n) is 1.74. The zero-order valence-corrected chi connectivity index (χ0v) is 4.76. The van der Waals surface area contributed by atoms with Gasteiger partial charge in [-0.1, -0.05) is 6.08 Å². The van der Waals surface area contributed by atoms with Crippen molar-refractivity contribution in [2.75, 3.05) is 6.61 Å². The van der Waals surface area contributed by atoms with Gasteiger partial charge in [0.1, 0.15) is 0 Å². The average Bonchev–Trinajstić information content (AvgIpc) is 1.61. The average molecular weight is 146 g/mol. The first-order chi connectivity index (χ1) is 3.27. The predicted octanol–water partition coefficient (Wildman–Crippen LogP) is -0.0775. The molecule has 8 heavy (non-hydrogen) atoms. The molecule has 0 saturated carbocycles. The Bertz CT molecular complexity index is 84.6. The molecule has 0 spiro atoms. The summed E-state index contributed by atoms with van der Waals surface area (Å²) in [5.74, 6) is 0. The van der Waals surface area contributed by atoms with Crippen molar-refractivity contribution in [2.24, 2.45) is 0 Å². The van der Waals surface area contributed by atoms with Crippen LogP contribution in [0.2, 0.25) is 0 Å². The van der Waals surface area contributed by atoms with E-state index in [-0.39, 0.29) is 36.2 Å². The molecule has 0 radical (unpaired) electrons. The summed E-state index contributed by atoms with van der Waals surface area (Å²) in [7, 11) is -2.72. The number of hydrogen-bond acceptors (Lipinski definition) is 2. The van der Waals surface area contributed by atoms with Gasteiger partial charge in [-0.15, -0.1) is 6.58 Å². The zero-order valence-electron chi connectivity index (χ0n) is 3.76. The van der Waals surface area contributed by atoms with Crippen LogP contribution in [0.1, 0.15) is 0 Å². The van der Waals surface area contributed by atoms with E-state index in [2.05, 4.69) is 11.1 Å². The van der Waals surface area contributed by atoms with E-state index < -0.39 is 8.25 Å². The van der Waals surface area contributed by atoms with E-state index in [0.717, 1.165) is 0 Å². The Balaban J connectivity index is 0. The minimum absolute atomic E-state index is 0. The molecule has 0 fully saturated rings. The Kier molecular flexibility index (Phi) is 11.5. The fourth-order valence-corrected chi connectivity index (χ4v) is 0.391. The molecule has 0 rings (SSSR count). The molecule has 1 N–H and O–H groups in total. The van der Waals surface area contributed by atoms with Crippen LogP contribution in [0.3, 0.4) is 0 Å². The van der Waals surface area contributed by atoms with Crippen LogP contribution in [-0.2, 0) is 9.09 Å². The Morgan fingerprint density at radius 1 is 1.88 bits per heavy atom. The van der Waals surface area contributed by atoms with Gasteiger partial charge in [0.05, 0.1) is 6.61 Å². The first kappa shape index (κ1) is 11.7. The van der Waals surface area contributed by atoms with Crippen molar-refractivity contribution in [3.63, 3.8) is 0 Å². The predicted molar refractivity (Wildman–Crippen MR) is 34.5 cm³/mol. The van der Waals surface area contributed by atoms with E-state index in [9.17, 15) is 4.57 Å². The maximum absolute atomic E-state index is 9.67. The summed E-state index contributed by atoms with van der Waals surface area (Å²) in [6.45, 7) is 3.42. The molecule has 3 nitrogen and oxygen atoms in total. The molecule has 0 aromatic rings. The van der Waals surface area contributed by atoms with Crippen LogP contribution in [0.15, 0.2) is 12.7 Å². The molecule has 1 unspecified atom stereocenters. The van der Waals surface area contributed by atoms with Gasteiger partial charge in [-0.2, -0.15) is 0 Å². The zero-order chi connectivity index (χ0) is 5.70. The molecule has 0 amide bonds. The number of rotatable bonds is 3. The molecule has 0 aromatic heterocycles. The molecule has 0 aliphatic carbocycles. The van der Waals surface area contributed by atoms with Gasteiger partial charge in [-0.05, 0) is 0 Å². The van der Waals surface area contributed by atoms with Crippen LogP contribution in [0.4, 0.5) is 0 Å². The van der Waals surface area contributed by atoms with Crippen molar-refractivity contribution in [2.45, 2.75) is 0 Å². The fourth-order valence-electron chi connectivity index (χ4n) is 0.130. The van der Waals surface area contributed by atoms with Gasteiger partial charge in [-0.3, -0.25) is 4.57 Å². The van der Waals surface area contributed by atoms with E-state index in [4.69, 9.17) is 4.89 Å². The molecule has 0 aliphatic heterocycles. The standard InChI is InChI=1S/C3H7O3P.Na.H/c1-2-3-6-7(4)5;;/h2,7H,1,3H2,(H,4,5);;. The van der Waals surface area contributed by atoms with E-state index in [1.165, 1.54) is 6.08 Å². The van der Waals surface area contributed by atoms with Crippen LogP contribution < -0.4 is 0 Å². The maximum atomic E-state index is 9.67. The van der Waals surface area contributed by atoms with Gasteiger partial charge in [0.15, 0.2) is 0 Å². The van der Waals surface area contributed by atoms with Crippen LogP contribution >= 0.6 is 8.25 Å². The van der Waals surface area contributed by atoms with E-state index in [1.807, 2.05) is 0 Å². The molecule has 0 saturated heterocycles. The Labute approximate surface area is 71.0 Å². The van der Waals surface area contributed by atoms with Crippen LogP contribution in [0.5, 0.6) is 0 Å². The SMILES string of the molecule is C=CCO[PH](=O)O.[NaH]. The quantitative estimate of drug-likeness (QED) is 0.344. The number of hydrogen-bond donors (Lipinski definition) is 1. The van der Waals surface area contributed by atoms with Crippen molar-refractivity contribution in [3.8, 4) is 0 Å². The minimum atomic E-state index is -2.72. The summed E-state index contributed by atoms with van der Waals surface area (Å²) < 4.78 is 13.8. The van der Waals surface area contributed by atoms with Gasteiger partial charge in [-0.25, -0.2) is 0 Å². The second-order valence-corrected chi connectivity index (χ2v) is 1.69. The first-order valence-corrected chi connectivity index (χ1v) is 3.00. The molecule has 5 heteroatoms. The van der Waals surface area contributed by atoms with Crippen molar-refractivity contribution < 1.29 is 14.0 Å². The second-order valence-electron chi connectivity index (χ2n) is 0.866. The van der Waals surface area contributed by atoms with Crippen LogP contribution in [0, 0.1) is 0 Å². The molecule has 0 heterocycles. The Morgan fingerprint density at radius 3 is 2.50 bits per heavy atom. The van der Waals surface area contributed by atoms with Crippen LogP contribution in [0.25, 0.3) is 0 Å². The fraction of sp³-hybridized carbons (Fsp3) is 0.333. The van der Waals surface area contributed by atoms with E-state index in [1.54, 1.807) is 0 Å². The summed E-state index contributed by atoms with van der Waals surface area (Å²) in [6, 6.07) is 0. The molecular weight excluding hydrogens is 138 g/mol. The molecule has 1 atom stereocenters. The van der Waals surface area contributed by atoms with Gasteiger partial charge < -0.3 is 9.42 Å². The normalized spacial score (nSPS) is 11.6. The van der Waals surface area contributed by atoms with E-state index in [0.29, 0.717) is 0 Å². The van der Waals surface area contributed by atoms with Crippen LogP contribution in [-0.4, -0.2) is 41.1 Å². The third-order valence-corrected chi connectivity index (χ3v) is 0.738. The Hall–Kier alpha value is 0.890. The molecule has 0 bridgehead atoms. The monoisotopic (exact) mass is 146 g/mol. The molecule has 44 valence electrons. The second kappa shape index (κ2) is 7.89. The van der Waals surface area contributed by atoms with Crippen molar-refractivity contribution in [3.05, 3.63) is 12.7 Å². The van der Waals surface area contributed by atoms with Gasteiger partial charge in [0.25, 0.3) is 0 Å². The van der Waals surface area contributed by atoms with Crippen molar-refractivity contribution in [1.29, 1.82) is 0 Å². The third-order valence-electron chi connectivity index (χ3n) is 0.325. The summed E-state index contributed by atoms with van der Waals surface area (Å²) in [5.41, 5.74) is 0. The molecule has 0 aliphatic rings. The summed E-state index contributed by atoms with van der Waals surface area (Å²) in [6.07, 6.45) is 1.42. The molecule has 0 aromatic carbocycles. The van der Waals surface area contributed by atoms with E-state index >= 15 is 0 Å². The molecular formula is C3H8NaO3P. The van der Waals surface area contributed by atoms with Gasteiger partial charge >= 0.3 is 37.8 Å².